The number of halogens is 1. The van der Waals surface area contributed by atoms with Crippen molar-refractivity contribution in [3.63, 3.8) is 0 Å². The molecule has 0 saturated carbocycles. The zero-order valence-corrected chi connectivity index (χ0v) is 15.8. The fraction of sp³-hybridized carbons (Fsp3) is 0.150. The Labute approximate surface area is 161 Å². The van der Waals surface area contributed by atoms with Crippen molar-refractivity contribution in [1.82, 2.24) is 15.0 Å². The van der Waals surface area contributed by atoms with Gasteiger partial charge in [0.15, 0.2) is 0 Å². The van der Waals surface area contributed by atoms with Gasteiger partial charge in [-0.1, -0.05) is 30.3 Å². The summed E-state index contributed by atoms with van der Waals surface area (Å²) in [4.78, 5) is 17.2. The molecular formula is C20H17ClN4S. The van der Waals surface area contributed by atoms with Crippen molar-refractivity contribution in [3.8, 4) is 10.4 Å². The van der Waals surface area contributed by atoms with Crippen molar-refractivity contribution in [1.29, 1.82) is 0 Å². The molecule has 4 aromatic rings. The molecule has 3 aromatic heterocycles. The lowest BCUT2D eigenvalue weighted by Crippen LogP contribution is -2.21. The largest absolute Gasteiger partial charge is 0.359 e. The number of fused-ring (bicyclic) bond motifs is 1. The number of likely N-dealkylation sites (N-methyl/N-ethyl adjacent to an activating group) is 1. The van der Waals surface area contributed by atoms with Gasteiger partial charge < -0.3 is 4.90 Å². The average Bonchev–Trinajstić information content (AvgIpc) is 3.11. The van der Waals surface area contributed by atoms with Crippen LogP contribution in [0.5, 0.6) is 0 Å². The van der Waals surface area contributed by atoms with Crippen molar-refractivity contribution in [3.05, 3.63) is 71.8 Å². The van der Waals surface area contributed by atoms with E-state index >= 15 is 0 Å². The predicted molar refractivity (Wildman–Crippen MR) is 109 cm³/mol. The lowest BCUT2D eigenvalue weighted by molar-refractivity contribution is 0.861. The van der Waals surface area contributed by atoms with Crippen LogP contribution in [0, 0.1) is 0 Å². The van der Waals surface area contributed by atoms with Crippen molar-refractivity contribution in [2.24, 2.45) is 0 Å². The molecule has 0 N–H and O–H groups in total. The Morgan fingerprint density at radius 3 is 2.58 bits per heavy atom. The van der Waals surface area contributed by atoms with E-state index in [1.807, 2.05) is 49.8 Å². The van der Waals surface area contributed by atoms with E-state index < -0.39 is 0 Å². The average molecular weight is 381 g/mol. The number of hydrogen-bond acceptors (Lipinski definition) is 5. The fourth-order valence-electron chi connectivity index (χ4n) is 2.87. The van der Waals surface area contributed by atoms with E-state index in [9.17, 15) is 0 Å². The summed E-state index contributed by atoms with van der Waals surface area (Å²) in [6.07, 6.45) is 4.55. The zero-order valence-electron chi connectivity index (χ0n) is 14.3. The molecule has 130 valence electrons. The molecule has 6 heteroatoms. The van der Waals surface area contributed by atoms with Crippen LogP contribution in [-0.2, 0) is 6.42 Å². The first-order valence-electron chi connectivity index (χ1n) is 8.33. The van der Waals surface area contributed by atoms with Gasteiger partial charge >= 0.3 is 0 Å². The van der Waals surface area contributed by atoms with E-state index in [2.05, 4.69) is 38.1 Å². The number of rotatable bonds is 5. The smallest absolute Gasteiger partial charge is 0.225 e. The molecule has 4 nitrogen and oxygen atoms in total. The highest BCUT2D eigenvalue weighted by atomic mass is 35.5. The zero-order chi connectivity index (χ0) is 17.9. The monoisotopic (exact) mass is 380 g/mol. The summed E-state index contributed by atoms with van der Waals surface area (Å²) in [7, 11) is 2.04. The second-order valence-electron chi connectivity index (χ2n) is 6.04. The third kappa shape index (κ3) is 3.54. The summed E-state index contributed by atoms with van der Waals surface area (Å²) in [5.74, 6) is 0.868. The van der Waals surface area contributed by atoms with Gasteiger partial charge in [0, 0.05) is 30.9 Å². The summed E-state index contributed by atoms with van der Waals surface area (Å²) in [6, 6.07) is 16.5. The molecule has 0 radical (unpaired) electrons. The summed E-state index contributed by atoms with van der Waals surface area (Å²) in [6.45, 7) is 0.836. The van der Waals surface area contributed by atoms with E-state index in [1.54, 1.807) is 11.3 Å². The van der Waals surface area contributed by atoms with Gasteiger partial charge in [-0.05, 0) is 47.3 Å². The third-order valence-corrected chi connectivity index (χ3v) is 5.50. The Kier molecular flexibility index (Phi) is 4.82. The molecule has 0 aliphatic heterocycles. The molecule has 1 aromatic carbocycles. The predicted octanol–water partition coefficient (Wildman–Crippen LogP) is 5.09. The normalized spacial score (nSPS) is 11.0. The van der Waals surface area contributed by atoms with Gasteiger partial charge in [-0.3, -0.25) is 4.98 Å². The van der Waals surface area contributed by atoms with Crippen LogP contribution in [0.25, 0.3) is 20.7 Å². The van der Waals surface area contributed by atoms with Gasteiger partial charge in [-0.15, -0.1) is 11.3 Å². The minimum Gasteiger partial charge on any atom is -0.359 e. The highest BCUT2D eigenvalue weighted by Gasteiger charge is 2.15. The molecule has 0 bridgehead atoms. The summed E-state index contributed by atoms with van der Waals surface area (Å²) in [5, 5.41) is 1.32. The van der Waals surface area contributed by atoms with Crippen LogP contribution in [0.2, 0.25) is 5.28 Å². The first-order valence-corrected chi connectivity index (χ1v) is 9.53. The lowest BCUT2D eigenvalue weighted by Gasteiger charge is -2.19. The van der Waals surface area contributed by atoms with Crippen LogP contribution < -0.4 is 4.90 Å². The van der Waals surface area contributed by atoms with Crippen molar-refractivity contribution in [2.75, 3.05) is 18.5 Å². The molecule has 4 rings (SSSR count). The Bertz CT molecular complexity index is 1020. The quantitative estimate of drug-likeness (QED) is 0.452. The minimum absolute atomic E-state index is 0.282. The Hall–Kier alpha value is -2.50. The van der Waals surface area contributed by atoms with E-state index in [0.717, 1.165) is 29.0 Å². The molecule has 26 heavy (non-hydrogen) atoms. The SMILES string of the molecule is CN(CCc1ccncc1)c1nc(Cl)nc2sc(-c3ccccc3)cc12. The van der Waals surface area contributed by atoms with Crippen LogP contribution in [0.15, 0.2) is 60.9 Å². The first kappa shape index (κ1) is 16.9. The Morgan fingerprint density at radius 2 is 1.81 bits per heavy atom. The molecule has 0 aliphatic carbocycles. The fourth-order valence-corrected chi connectivity index (χ4v) is 4.11. The van der Waals surface area contributed by atoms with Gasteiger partial charge in [0.25, 0.3) is 0 Å². The second kappa shape index (κ2) is 7.40. The summed E-state index contributed by atoms with van der Waals surface area (Å²) < 4.78 is 0. The molecule has 0 saturated heterocycles. The number of nitrogens with zero attached hydrogens (tertiary/aromatic N) is 4. The summed E-state index contributed by atoms with van der Waals surface area (Å²) in [5.41, 5.74) is 2.43. The molecule has 0 spiro atoms. The molecule has 0 amide bonds. The van der Waals surface area contributed by atoms with E-state index in [-0.39, 0.29) is 5.28 Å². The molecule has 3 heterocycles. The number of benzene rings is 1. The maximum absolute atomic E-state index is 6.19. The third-order valence-electron chi connectivity index (χ3n) is 4.25. The second-order valence-corrected chi connectivity index (χ2v) is 7.41. The molecule has 0 unspecified atom stereocenters. The van der Waals surface area contributed by atoms with Gasteiger partial charge in [0.1, 0.15) is 10.6 Å². The van der Waals surface area contributed by atoms with Gasteiger partial charge in [-0.25, -0.2) is 4.98 Å². The number of aromatic nitrogens is 3. The van der Waals surface area contributed by atoms with Crippen LogP contribution in [0.4, 0.5) is 5.82 Å². The topological polar surface area (TPSA) is 41.9 Å². The first-order chi connectivity index (χ1) is 12.7. The van der Waals surface area contributed by atoms with Crippen LogP contribution in [0.1, 0.15) is 5.56 Å². The van der Waals surface area contributed by atoms with Crippen molar-refractivity contribution in [2.45, 2.75) is 6.42 Å². The maximum atomic E-state index is 6.19. The van der Waals surface area contributed by atoms with Gasteiger partial charge in [0.2, 0.25) is 5.28 Å². The minimum atomic E-state index is 0.282. The van der Waals surface area contributed by atoms with Crippen molar-refractivity contribution < 1.29 is 0 Å². The highest BCUT2D eigenvalue weighted by Crippen LogP contribution is 2.36. The summed E-state index contributed by atoms with van der Waals surface area (Å²) >= 11 is 7.83. The van der Waals surface area contributed by atoms with Crippen LogP contribution in [-0.4, -0.2) is 28.5 Å². The highest BCUT2D eigenvalue weighted by molar-refractivity contribution is 7.22. The molecule has 0 fully saturated rings. The lowest BCUT2D eigenvalue weighted by atomic mass is 10.1. The van der Waals surface area contributed by atoms with E-state index in [4.69, 9.17) is 11.6 Å². The molecular weight excluding hydrogens is 364 g/mol. The van der Waals surface area contributed by atoms with Gasteiger partial charge in [0.05, 0.1) is 5.39 Å². The van der Waals surface area contributed by atoms with Crippen LogP contribution in [0.3, 0.4) is 0 Å². The van der Waals surface area contributed by atoms with Gasteiger partial charge in [-0.2, -0.15) is 4.98 Å². The number of pyridine rings is 1. The van der Waals surface area contributed by atoms with Crippen molar-refractivity contribution >= 4 is 39.0 Å². The van der Waals surface area contributed by atoms with E-state index in [0.29, 0.717) is 0 Å². The Morgan fingerprint density at radius 1 is 1.04 bits per heavy atom. The Balaban J connectivity index is 1.66. The molecule has 0 atom stereocenters. The van der Waals surface area contributed by atoms with Crippen LogP contribution >= 0.6 is 22.9 Å². The number of hydrogen-bond donors (Lipinski definition) is 0. The standard InChI is InChI=1S/C20H17ClN4S/c1-25(12-9-14-7-10-22-11-8-14)18-16-13-17(15-5-3-2-4-6-15)26-19(16)24-20(21)23-18/h2-8,10-11,13H,9,12H2,1H3. The van der Waals surface area contributed by atoms with E-state index in [1.165, 1.54) is 16.0 Å². The number of thiophene rings is 1. The maximum Gasteiger partial charge on any atom is 0.225 e. The number of anilines is 1. The molecule has 0 aliphatic rings.